The second-order valence-corrected chi connectivity index (χ2v) is 6.13. The molecule has 0 saturated carbocycles. The Morgan fingerprint density at radius 3 is 2.62 bits per heavy atom. The van der Waals surface area contributed by atoms with Gasteiger partial charge in [0, 0.05) is 21.8 Å². The number of carbonyl (C=O) groups excluding carboxylic acids is 1. The molecule has 1 unspecified atom stereocenters. The van der Waals surface area contributed by atoms with E-state index in [1.165, 1.54) is 0 Å². The molecule has 0 aliphatic rings. The second kappa shape index (κ2) is 9.05. The average molecular weight is 356 g/mol. The van der Waals surface area contributed by atoms with Gasteiger partial charge in [-0.15, -0.1) is 0 Å². The van der Waals surface area contributed by atoms with Gasteiger partial charge in [0.05, 0.1) is 0 Å². The molecule has 0 aromatic heterocycles. The van der Waals surface area contributed by atoms with Crippen LogP contribution in [-0.4, -0.2) is 36.5 Å². The summed E-state index contributed by atoms with van der Waals surface area (Å²) in [6.45, 7) is 9.64. The minimum absolute atomic E-state index is 0.0500. The minimum Gasteiger partial charge on any atom is -0.398 e. The van der Waals surface area contributed by atoms with E-state index in [2.05, 4.69) is 40.0 Å². The summed E-state index contributed by atoms with van der Waals surface area (Å²) in [6.07, 6.45) is 2.08. The standard InChI is InChI=1S/C16H26BrN3O/c1-4-20(5-2)10-6-7-12(3)19-16(21)13-8-9-15(18)14(17)11-13/h8-9,11-12H,4-7,10,18H2,1-3H3,(H,19,21). The largest absolute Gasteiger partial charge is 0.398 e. The number of nitrogens with one attached hydrogen (secondary N) is 1. The number of hydrogen-bond acceptors (Lipinski definition) is 3. The molecule has 0 fully saturated rings. The van der Waals surface area contributed by atoms with Crippen LogP contribution in [0, 0.1) is 0 Å². The minimum atomic E-state index is -0.0500. The summed E-state index contributed by atoms with van der Waals surface area (Å²) in [6, 6.07) is 5.42. The average Bonchev–Trinajstić information content (AvgIpc) is 2.46. The quantitative estimate of drug-likeness (QED) is 0.703. The van der Waals surface area contributed by atoms with Crippen molar-refractivity contribution < 1.29 is 4.79 Å². The summed E-state index contributed by atoms with van der Waals surface area (Å²) in [4.78, 5) is 14.5. The first-order valence-corrected chi connectivity index (χ1v) is 8.35. The number of rotatable bonds is 8. The summed E-state index contributed by atoms with van der Waals surface area (Å²) in [7, 11) is 0. The highest BCUT2D eigenvalue weighted by Crippen LogP contribution is 2.20. The van der Waals surface area contributed by atoms with Crippen LogP contribution >= 0.6 is 15.9 Å². The Hall–Kier alpha value is -1.07. The number of anilines is 1. The first kappa shape index (κ1) is 18.0. The molecular formula is C16H26BrN3O. The zero-order valence-electron chi connectivity index (χ0n) is 13.2. The molecule has 1 amide bonds. The summed E-state index contributed by atoms with van der Waals surface area (Å²) in [5.74, 6) is -0.0500. The Morgan fingerprint density at radius 2 is 2.05 bits per heavy atom. The van der Waals surface area contributed by atoms with Crippen LogP contribution in [0.15, 0.2) is 22.7 Å². The van der Waals surface area contributed by atoms with Gasteiger partial charge in [-0.3, -0.25) is 4.79 Å². The highest BCUT2D eigenvalue weighted by Gasteiger charge is 2.11. The number of benzene rings is 1. The maximum Gasteiger partial charge on any atom is 0.251 e. The fourth-order valence-corrected chi connectivity index (χ4v) is 2.59. The van der Waals surface area contributed by atoms with Gasteiger partial charge >= 0.3 is 0 Å². The van der Waals surface area contributed by atoms with Gasteiger partial charge in [0.15, 0.2) is 0 Å². The number of nitrogens with zero attached hydrogens (tertiary/aromatic N) is 1. The van der Waals surface area contributed by atoms with Crippen LogP contribution in [0.1, 0.15) is 44.0 Å². The maximum absolute atomic E-state index is 12.1. The molecule has 1 aromatic carbocycles. The van der Waals surface area contributed by atoms with E-state index >= 15 is 0 Å². The van der Waals surface area contributed by atoms with E-state index in [-0.39, 0.29) is 11.9 Å². The van der Waals surface area contributed by atoms with Gasteiger partial charge in [0.1, 0.15) is 0 Å². The SMILES string of the molecule is CCN(CC)CCCC(C)NC(=O)c1ccc(N)c(Br)c1. The molecule has 0 radical (unpaired) electrons. The van der Waals surface area contributed by atoms with Gasteiger partial charge < -0.3 is 16.0 Å². The molecule has 0 aliphatic heterocycles. The van der Waals surface area contributed by atoms with Gasteiger partial charge in [0.25, 0.3) is 5.91 Å². The predicted octanol–water partition coefficient (Wildman–Crippen LogP) is 3.27. The summed E-state index contributed by atoms with van der Waals surface area (Å²) >= 11 is 3.34. The lowest BCUT2D eigenvalue weighted by molar-refractivity contribution is 0.0937. The molecule has 1 rings (SSSR count). The molecule has 0 aliphatic carbocycles. The number of nitrogens with two attached hydrogens (primary N) is 1. The number of amides is 1. The van der Waals surface area contributed by atoms with Crippen molar-refractivity contribution in [3.8, 4) is 0 Å². The van der Waals surface area contributed by atoms with E-state index < -0.39 is 0 Å². The first-order chi connectivity index (χ1) is 9.97. The van der Waals surface area contributed by atoms with Gasteiger partial charge in [-0.05, 0) is 73.5 Å². The van der Waals surface area contributed by atoms with Crippen molar-refractivity contribution in [1.29, 1.82) is 0 Å². The molecule has 118 valence electrons. The molecule has 1 aromatic rings. The molecule has 0 bridgehead atoms. The summed E-state index contributed by atoms with van der Waals surface area (Å²) in [5, 5.41) is 3.03. The first-order valence-electron chi connectivity index (χ1n) is 7.56. The van der Waals surface area contributed by atoms with E-state index in [0.717, 1.165) is 36.9 Å². The van der Waals surface area contributed by atoms with Gasteiger partial charge in [-0.25, -0.2) is 0 Å². The Balaban J connectivity index is 2.41. The molecule has 0 heterocycles. The lowest BCUT2D eigenvalue weighted by Crippen LogP contribution is -2.33. The highest BCUT2D eigenvalue weighted by molar-refractivity contribution is 9.10. The van der Waals surface area contributed by atoms with Gasteiger partial charge in [0.2, 0.25) is 0 Å². The van der Waals surface area contributed by atoms with Crippen molar-refractivity contribution in [2.75, 3.05) is 25.4 Å². The lowest BCUT2D eigenvalue weighted by Gasteiger charge is -2.19. The van der Waals surface area contributed by atoms with Gasteiger partial charge in [-0.2, -0.15) is 0 Å². The van der Waals surface area contributed by atoms with Crippen LogP contribution in [0.25, 0.3) is 0 Å². The summed E-state index contributed by atoms with van der Waals surface area (Å²) < 4.78 is 0.754. The second-order valence-electron chi connectivity index (χ2n) is 5.28. The molecule has 0 saturated heterocycles. The molecular weight excluding hydrogens is 330 g/mol. The molecule has 21 heavy (non-hydrogen) atoms. The fourth-order valence-electron chi connectivity index (χ4n) is 2.21. The number of nitrogen functional groups attached to an aromatic ring is 1. The van der Waals surface area contributed by atoms with Gasteiger partial charge in [-0.1, -0.05) is 13.8 Å². The van der Waals surface area contributed by atoms with Crippen molar-refractivity contribution in [2.24, 2.45) is 0 Å². The Bertz CT molecular complexity index is 461. The third-order valence-corrected chi connectivity index (χ3v) is 4.33. The zero-order valence-corrected chi connectivity index (χ0v) is 14.7. The highest BCUT2D eigenvalue weighted by atomic mass is 79.9. The third-order valence-electron chi connectivity index (χ3n) is 3.65. The molecule has 3 N–H and O–H groups in total. The van der Waals surface area contributed by atoms with Crippen LogP contribution in [0.4, 0.5) is 5.69 Å². The van der Waals surface area contributed by atoms with Crippen molar-refractivity contribution >= 4 is 27.5 Å². The Labute approximate surface area is 136 Å². The van der Waals surface area contributed by atoms with E-state index in [4.69, 9.17) is 5.73 Å². The predicted molar refractivity (Wildman–Crippen MR) is 92.5 cm³/mol. The molecule has 1 atom stereocenters. The topological polar surface area (TPSA) is 58.4 Å². The number of carbonyl (C=O) groups is 1. The third kappa shape index (κ3) is 6.06. The van der Waals surface area contributed by atoms with E-state index in [1.807, 2.05) is 6.92 Å². The lowest BCUT2D eigenvalue weighted by atomic mass is 10.1. The Morgan fingerprint density at radius 1 is 1.38 bits per heavy atom. The van der Waals surface area contributed by atoms with E-state index in [9.17, 15) is 4.79 Å². The van der Waals surface area contributed by atoms with Crippen LogP contribution < -0.4 is 11.1 Å². The van der Waals surface area contributed by atoms with Crippen LogP contribution in [-0.2, 0) is 0 Å². The number of halogens is 1. The monoisotopic (exact) mass is 355 g/mol. The Kier molecular flexibility index (Phi) is 7.75. The van der Waals surface area contributed by atoms with Crippen LogP contribution in [0.5, 0.6) is 0 Å². The van der Waals surface area contributed by atoms with Crippen LogP contribution in [0.2, 0.25) is 0 Å². The zero-order chi connectivity index (χ0) is 15.8. The van der Waals surface area contributed by atoms with Crippen LogP contribution in [0.3, 0.4) is 0 Å². The van der Waals surface area contributed by atoms with Crippen molar-refractivity contribution in [3.05, 3.63) is 28.2 Å². The maximum atomic E-state index is 12.1. The van der Waals surface area contributed by atoms with E-state index in [1.54, 1.807) is 18.2 Å². The number of hydrogen-bond donors (Lipinski definition) is 2. The summed E-state index contributed by atoms with van der Waals surface area (Å²) in [5.41, 5.74) is 7.00. The molecule has 4 nitrogen and oxygen atoms in total. The van der Waals surface area contributed by atoms with Crippen molar-refractivity contribution in [2.45, 2.75) is 39.7 Å². The fraction of sp³-hybridized carbons (Fsp3) is 0.562. The normalized spacial score (nSPS) is 12.4. The van der Waals surface area contributed by atoms with E-state index in [0.29, 0.717) is 11.3 Å². The molecule has 5 heteroatoms. The van der Waals surface area contributed by atoms with Crippen molar-refractivity contribution in [1.82, 2.24) is 10.2 Å². The smallest absolute Gasteiger partial charge is 0.251 e. The molecule has 0 spiro atoms. The van der Waals surface area contributed by atoms with Crippen molar-refractivity contribution in [3.63, 3.8) is 0 Å².